The summed E-state index contributed by atoms with van der Waals surface area (Å²) in [7, 11) is -0.977. The minimum absolute atomic E-state index is 0.0566. The van der Waals surface area contributed by atoms with Crippen molar-refractivity contribution in [3.63, 3.8) is 0 Å². The molecule has 0 aliphatic carbocycles. The van der Waals surface area contributed by atoms with Crippen molar-refractivity contribution >= 4 is 16.1 Å². The summed E-state index contributed by atoms with van der Waals surface area (Å²) in [6.07, 6.45) is -1.18. The molecule has 1 aliphatic heterocycles. The summed E-state index contributed by atoms with van der Waals surface area (Å²) in [6.45, 7) is -0.0703. The van der Waals surface area contributed by atoms with Gasteiger partial charge in [0.1, 0.15) is 12.8 Å². The van der Waals surface area contributed by atoms with Crippen molar-refractivity contribution in [3.8, 4) is 0 Å². The van der Waals surface area contributed by atoms with Gasteiger partial charge in [-0.25, -0.2) is 4.39 Å². The van der Waals surface area contributed by atoms with Gasteiger partial charge in [-0.1, -0.05) is 30.3 Å². The van der Waals surface area contributed by atoms with Crippen LogP contribution in [0.2, 0.25) is 0 Å². The second kappa shape index (κ2) is 8.70. The topological polar surface area (TPSA) is 79.0 Å². The Hall–Kier alpha value is -1.55. The number of ether oxygens (including phenoxy) is 1. The van der Waals surface area contributed by atoms with E-state index >= 15 is 0 Å². The van der Waals surface area contributed by atoms with Crippen LogP contribution in [0.5, 0.6) is 0 Å². The summed E-state index contributed by atoms with van der Waals surface area (Å²) >= 11 is 0. The van der Waals surface area contributed by atoms with Gasteiger partial charge in [-0.05, 0) is 12.0 Å². The molecular weight excluding hydrogens is 349 g/mol. The molecule has 1 fully saturated rings. The van der Waals surface area contributed by atoms with E-state index < -0.39 is 22.4 Å². The Kier molecular flexibility index (Phi) is 6.88. The van der Waals surface area contributed by atoms with E-state index in [1.807, 2.05) is 30.3 Å². The average Bonchev–Trinajstić information content (AvgIpc) is 2.96. The summed E-state index contributed by atoms with van der Waals surface area (Å²) in [6, 6.07) is 8.56. The van der Waals surface area contributed by atoms with Gasteiger partial charge in [0.25, 0.3) is 10.2 Å². The molecule has 25 heavy (non-hydrogen) atoms. The third kappa shape index (κ3) is 5.21. The van der Waals surface area contributed by atoms with E-state index in [1.54, 1.807) is 0 Å². The Morgan fingerprint density at radius 1 is 1.40 bits per heavy atom. The average molecular weight is 373 g/mol. The number of nitrogens with one attached hydrogen (secondary N) is 1. The van der Waals surface area contributed by atoms with Crippen LogP contribution in [0.25, 0.3) is 0 Å². The van der Waals surface area contributed by atoms with Crippen LogP contribution in [0.15, 0.2) is 30.3 Å². The maximum atomic E-state index is 13.9. The first-order valence-corrected chi connectivity index (χ1v) is 9.41. The zero-order valence-corrected chi connectivity index (χ0v) is 15.2. The zero-order chi connectivity index (χ0) is 18.4. The molecule has 7 nitrogen and oxygen atoms in total. The molecule has 1 saturated heterocycles. The summed E-state index contributed by atoms with van der Waals surface area (Å²) in [5.41, 5.74) is 0.842. The van der Waals surface area contributed by atoms with E-state index in [0.717, 1.165) is 9.87 Å². The number of carbonyl (C=O) groups is 1. The van der Waals surface area contributed by atoms with Crippen LogP contribution in [0.4, 0.5) is 4.39 Å². The molecule has 0 bridgehead atoms. The number of amides is 1. The summed E-state index contributed by atoms with van der Waals surface area (Å²) in [5, 5.41) is 2.58. The predicted molar refractivity (Wildman–Crippen MR) is 91.7 cm³/mol. The quantitative estimate of drug-likeness (QED) is 0.721. The van der Waals surface area contributed by atoms with E-state index in [0.29, 0.717) is 0 Å². The van der Waals surface area contributed by atoms with Crippen LogP contribution in [0, 0.1) is 0 Å². The van der Waals surface area contributed by atoms with Gasteiger partial charge in [-0.2, -0.15) is 17.0 Å². The van der Waals surface area contributed by atoms with Gasteiger partial charge in [0.15, 0.2) is 0 Å². The first kappa shape index (κ1) is 19.8. The predicted octanol–water partition coefficient (Wildman–Crippen LogP) is 0.538. The van der Waals surface area contributed by atoms with Crippen LogP contribution in [-0.2, 0) is 26.3 Å². The Morgan fingerprint density at radius 3 is 2.72 bits per heavy atom. The second-order valence-electron chi connectivity index (χ2n) is 6.04. The second-order valence-corrected chi connectivity index (χ2v) is 8.03. The molecule has 0 unspecified atom stereocenters. The van der Waals surface area contributed by atoms with Crippen LogP contribution in [-0.4, -0.2) is 69.0 Å². The van der Waals surface area contributed by atoms with Gasteiger partial charge in [0.05, 0.1) is 0 Å². The maximum Gasteiger partial charge on any atom is 0.282 e. The van der Waals surface area contributed by atoms with Gasteiger partial charge in [-0.15, -0.1) is 0 Å². The van der Waals surface area contributed by atoms with Crippen molar-refractivity contribution < 1.29 is 22.3 Å². The lowest BCUT2D eigenvalue weighted by Gasteiger charge is -2.28. The number of alkyl halides is 1. The summed E-state index contributed by atoms with van der Waals surface area (Å²) in [4.78, 5) is 11.5. The van der Waals surface area contributed by atoms with Crippen LogP contribution < -0.4 is 5.32 Å². The van der Waals surface area contributed by atoms with E-state index in [1.165, 1.54) is 18.5 Å². The fraction of sp³-hybridized carbons (Fsp3) is 0.562. The molecule has 9 heteroatoms. The first-order chi connectivity index (χ1) is 11.8. The molecule has 0 radical (unpaired) electrons. The number of nitrogens with zero attached hydrogens (tertiary/aromatic N) is 2. The van der Waals surface area contributed by atoms with Crippen molar-refractivity contribution in [2.24, 2.45) is 0 Å². The lowest BCUT2D eigenvalue weighted by molar-refractivity contribution is -0.124. The summed E-state index contributed by atoms with van der Waals surface area (Å²) < 4.78 is 46.5. The van der Waals surface area contributed by atoms with Gasteiger partial charge in [0.2, 0.25) is 5.91 Å². The van der Waals surface area contributed by atoms with Crippen molar-refractivity contribution in [3.05, 3.63) is 35.9 Å². The van der Waals surface area contributed by atoms with E-state index in [-0.39, 0.29) is 38.6 Å². The number of carbonyl (C=O) groups excluding carboxylic acids is 1. The Labute approximate surface area is 147 Å². The van der Waals surface area contributed by atoms with Crippen LogP contribution >= 0.6 is 0 Å². The van der Waals surface area contributed by atoms with Gasteiger partial charge in [-0.3, -0.25) is 4.79 Å². The normalized spacial score (nSPS) is 21.6. The zero-order valence-electron chi connectivity index (χ0n) is 14.4. The smallest absolute Gasteiger partial charge is 0.282 e. The lowest BCUT2D eigenvalue weighted by atomic mass is 10.2. The van der Waals surface area contributed by atoms with Gasteiger partial charge < -0.3 is 10.1 Å². The largest absolute Gasteiger partial charge is 0.375 e. The van der Waals surface area contributed by atoms with E-state index in [9.17, 15) is 17.6 Å². The van der Waals surface area contributed by atoms with Crippen molar-refractivity contribution in [2.45, 2.75) is 25.2 Å². The fourth-order valence-electron chi connectivity index (χ4n) is 2.81. The highest BCUT2D eigenvalue weighted by molar-refractivity contribution is 7.86. The SMILES string of the molecule is COCC(=O)NC[C@@H]1C[C@H](F)CN1S(=O)(=O)N(C)Cc1ccccc1. The van der Waals surface area contributed by atoms with Gasteiger partial charge >= 0.3 is 0 Å². The highest BCUT2D eigenvalue weighted by atomic mass is 32.2. The number of rotatable bonds is 8. The maximum absolute atomic E-state index is 13.9. The number of methoxy groups -OCH3 is 1. The molecule has 1 amide bonds. The first-order valence-electron chi connectivity index (χ1n) is 8.01. The third-order valence-corrected chi connectivity index (χ3v) is 6.02. The Balaban J connectivity index is 2.05. The molecule has 1 aliphatic rings. The standard InChI is InChI=1S/C16H24FN3O4S/c1-19(10-13-6-4-3-5-7-13)25(22,23)20-11-14(17)8-15(20)9-18-16(21)12-24-2/h3-7,14-15H,8-12H2,1-2H3,(H,18,21)/t14-,15-/m0/s1. The number of hydrogen-bond acceptors (Lipinski definition) is 4. The van der Waals surface area contributed by atoms with Crippen LogP contribution in [0.1, 0.15) is 12.0 Å². The molecule has 1 aromatic rings. The Morgan fingerprint density at radius 2 is 2.08 bits per heavy atom. The highest BCUT2D eigenvalue weighted by Crippen LogP contribution is 2.25. The molecule has 1 heterocycles. The molecule has 0 saturated carbocycles. The van der Waals surface area contributed by atoms with Gasteiger partial charge in [0, 0.05) is 39.8 Å². The molecule has 1 aromatic carbocycles. The van der Waals surface area contributed by atoms with Crippen LogP contribution in [0.3, 0.4) is 0 Å². The fourth-order valence-corrected chi connectivity index (χ4v) is 4.37. The molecule has 0 spiro atoms. The third-order valence-electron chi connectivity index (χ3n) is 4.06. The molecule has 2 atom stereocenters. The van der Waals surface area contributed by atoms with E-state index in [4.69, 9.17) is 4.74 Å². The number of hydrogen-bond donors (Lipinski definition) is 1. The van der Waals surface area contributed by atoms with E-state index in [2.05, 4.69) is 5.32 Å². The Bertz CT molecular complexity index is 671. The number of halogens is 1. The monoisotopic (exact) mass is 373 g/mol. The minimum atomic E-state index is -3.84. The molecule has 2 rings (SSSR count). The molecule has 0 aromatic heterocycles. The number of benzene rings is 1. The molecular formula is C16H24FN3O4S. The highest BCUT2D eigenvalue weighted by Gasteiger charge is 2.41. The minimum Gasteiger partial charge on any atom is -0.375 e. The van der Waals surface area contributed by atoms with Crippen molar-refractivity contribution in [2.75, 3.05) is 33.9 Å². The summed E-state index contributed by atoms with van der Waals surface area (Å²) in [5.74, 6) is -0.361. The molecule has 1 N–H and O–H groups in total. The van der Waals surface area contributed by atoms with Crippen molar-refractivity contribution in [1.82, 2.24) is 13.9 Å². The van der Waals surface area contributed by atoms with Crippen molar-refractivity contribution in [1.29, 1.82) is 0 Å². The lowest BCUT2D eigenvalue weighted by Crippen LogP contribution is -2.48. The molecule has 140 valence electrons.